The molecular formula is C12H14F3NO2. The van der Waals surface area contributed by atoms with Crippen molar-refractivity contribution in [2.24, 2.45) is 5.73 Å². The van der Waals surface area contributed by atoms with Crippen LogP contribution in [0.2, 0.25) is 0 Å². The Morgan fingerprint density at radius 2 is 1.83 bits per heavy atom. The fourth-order valence-electron chi connectivity index (χ4n) is 1.21. The first-order valence-electron chi connectivity index (χ1n) is 5.21. The Balaban J connectivity index is 3.14. The third kappa shape index (κ3) is 3.15. The fourth-order valence-corrected chi connectivity index (χ4v) is 1.21. The van der Waals surface area contributed by atoms with Crippen molar-refractivity contribution in [1.82, 2.24) is 0 Å². The number of amides is 1. The molecule has 0 saturated heterocycles. The summed E-state index contributed by atoms with van der Waals surface area (Å²) in [7, 11) is 0. The number of nitrogens with two attached hydrogens (primary N) is 1. The highest BCUT2D eigenvalue weighted by atomic mass is 19.4. The monoisotopic (exact) mass is 261 g/mol. The first-order chi connectivity index (χ1) is 8.04. The van der Waals surface area contributed by atoms with E-state index in [0.29, 0.717) is 5.56 Å². The minimum absolute atomic E-state index is 0.00590. The molecule has 0 spiro atoms. The van der Waals surface area contributed by atoms with Gasteiger partial charge in [0.05, 0.1) is 5.56 Å². The first-order valence-corrected chi connectivity index (χ1v) is 5.21. The average Bonchev–Trinajstić information content (AvgIpc) is 2.19. The molecule has 0 radical (unpaired) electrons. The Morgan fingerprint density at radius 3 is 2.28 bits per heavy atom. The zero-order valence-corrected chi connectivity index (χ0v) is 10.3. The molecule has 0 aliphatic rings. The maximum atomic E-state index is 12.5. The summed E-state index contributed by atoms with van der Waals surface area (Å²) in [5, 5.41) is 0. The highest BCUT2D eigenvalue weighted by Gasteiger charge is 2.33. The van der Waals surface area contributed by atoms with Crippen LogP contribution < -0.4 is 10.5 Å². The molecule has 1 aromatic rings. The van der Waals surface area contributed by atoms with Crippen LogP contribution in [0.25, 0.3) is 0 Å². The molecule has 2 N–H and O–H groups in total. The number of primary amides is 1. The van der Waals surface area contributed by atoms with E-state index in [4.69, 9.17) is 10.5 Å². The van der Waals surface area contributed by atoms with Gasteiger partial charge < -0.3 is 10.5 Å². The molecule has 18 heavy (non-hydrogen) atoms. The van der Waals surface area contributed by atoms with Crippen molar-refractivity contribution in [2.45, 2.75) is 32.5 Å². The third-order valence-electron chi connectivity index (χ3n) is 2.47. The van der Waals surface area contributed by atoms with E-state index in [1.165, 1.54) is 19.9 Å². The molecule has 100 valence electrons. The van der Waals surface area contributed by atoms with E-state index < -0.39 is 23.2 Å². The topological polar surface area (TPSA) is 52.3 Å². The van der Waals surface area contributed by atoms with Crippen molar-refractivity contribution >= 4 is 5.91 Å². The molecule has 0 bridgehead atoms. The predicted octanol–water partition coefficient (Wildman–Crippen LogP) is 2.66. The number of carbonyl (C=O) groups is 1. The summed E-state index contributed by atoms with van der Waals surface area (Å²) < 4.78 is 42.9. The smallest absolute Gasteiger partial charge is 0.416 e. The standard InChI is InChI=1S/C12H14F3NO2/c1-7-4-5-8(12(13,14)15)6-9(7)18-11(2,3)10(16)17/h4-6H,1-3H3,(H2,16,17). The van der Waals surface area contributed by atoms with Gasteiger partial charge in [-0.25, -0.2) is 0 Å². The van der Waals surface area contributed by atoms with E-state index in [1.807, 2.05) is 0 Å². The van der Waals surface area contributed by atoms with Crippen molar-refractivity contribution in [3.05, 3.63) is 29.3 Å². The van der Waals surface area contributed by atoms with Gasteiger partial charge in [-0.05, 0) is 38.5 Å². The van der Waals surface area contributed by atoms with Crippen LogP contribution in [0.3, 0.4) is 0 Å². The molecule has 3 nitrogen and oxygen atoms in total. The van der Waals surface area contributed by atoms with Gasteiger partial charge in [-0.2, -0.15) is 13.2 Å². The lowest BCUT2D eigenvalue weighted by molar-refractivity contribution is -0.137. The van der Waals surface area contributed by atoms with Crippen molar-refractivity contribution < 1.29 is 22.7 Å². The van der Waals surface area contributed by atoms with Crippen molar-refractivity contribution in [1.29, 1.82) is 0 Å². The van der Waals surface area contributed by atoms with E-state index in [1.54, 1.807) is 6.92 Å². The summed E-state index contributed by atoms with van der Waals surface area (Å²) in [6, 6.07) is 3.11. The van der Waals surface area contributed by atoms with Gasteiger partial charge in [0, 0.05) is 0 Å². The largest absolute Gasteiger partial charge is 0.478 e. The molecule has 0 unspecified atom stereocenters. The normalized spacial score (nSPS) is 12.3. The van der Waals surface area contributed by atoms with Gasteiger partial charge >= 0.3 is 6.18 Å². The van der Waals surface area contributed by atoms with Gasteiger partial charge in [-0.3, -0.25) is 4.79 Å². The summed E-state index contributed by atoms with van der Waals surface area (Å²) in [5.41, 5.74) is 3.41. The van der Waals surface area contributed by atoms with Gasteiger partial charge in [-0.15, -0.1) is 0 Å². The van der Waals surface area contributed by atoms with Crippen LogP contribution in [0.1, 0.15) is 25.0 Å². The lowest BCUT2D eigenvalue weighted by Gasteiger charge is -2.24. The van der Waals surface area contributed by atoms with Crippen LogP contribution in [-0.2, 0) is 11.0 Å². The van der Waals surface area contributed by atoms with Crippen LogP contribution in [-0.4, -0.2) is 11.5 Å². The molecule has 0 heterocycles. The number of rotatable bonds is 3. The molecule has 1 rings (SSSR count). The lowest BCUT2D eigenvalue weighted by Crippen LogP contribution is -2.43. The SMILES string of the molecule is Cc1ccc(C(F)(F)F)cc1OC(C)(C)C(N)=O. The summed E-state index contributed by atoms with van der Waals surface area (Å²) >= 11 is 0. The van der Waals surface area contributed by atoms with E-state index in [2.05, 4.69) is 0 Å². The Labute approximate surface area is 103 Å². The van der Waals surface area contributed by atoms with Crippen LogP contribution in [0, 0.1) is 6.92 Å². The lowest BCUT2D eigenvalue weighted by atomic mass is 10.1. The first kappa shape index (κ1) is 14.3. The zero-order chi connectivity index (χ0) is 14.1. The highest BCUT2D eigenvalue weighted by molar-refractivity contribution is 5.82. The number of halogens is 3. The molecule has 0 aliphatic heterocycles. The summed E-state index contributed by atoms with van der Waals surface area (Å²) in [6.07, 6.45) is -4.46. The van der Waals surface area contributed by atoms with Crippen LogP contribution >= 0.6 is 0 Å². The maximum absolute atomic E-state index is 12.5. The van der Waals surface area contributed by atoms with E-state index in [-0.39, 0.29) is 5.75 Å². The Hall–Kier alpha value is -1.72. The van der Waals surface area contributed by atoms with Gasteiger partial charge in [0.2, 0.25) is 0 Å². The van der Waals surface area contributed by atoms with Gasteiger partial charge in [0.1, 0.15) is 5.75 Å². The highest BCUT2D eigenvalue weighted by Crippen LogP contribution is 2.33. The van der Waals surface area contributed by atoms with Gasteiger partial charge in [0.15, 0.2) is 5.60 Å². The second-order valence-corrected chi connectivity index (χ2v) is 4.45. The van der Waals surface area contributed by atoms with E-state index in [9.17, 15) is 18.0 Å². The summed E-state index contributed by atoms with van der Waals surface area (Å²) in [6.45, 7) is 4.39. The Morgan fingerprint density at radius 1 is 1.28 bits per heavy atom. The number of aryl methyl sites for hydroxylation is 1. The third-order valence-corrected chi connectivity index (χ3v) is 2.47. The van der Waals surface area contributed by atoms with E-state index in [0.717, 1.165) is 12.1 Å². The number of alkyl halides is 3. The zero-order valence-electron chi connectivity index (χ0n) is 10.3. The van der Waals surface area contributed by atoms with Crippen molar-refractivity contribution in [2.75, 3.05) is 0 Å². The van der Waals surface area contributed by atoms with Crippen LogP contribution in [0.4, 0.5) is 13.2 Å². The summed E-state index contributed by atoms with van der Waals surface area (Å²) in [4.78, 5) is 11.1. The van der Waals surface area contributed by atoms with Crippen LogP contribution in [0.5, 0.6) is 5.75 Å². The van der Waals surface area contributed by atoms with Crippen molar-refractivity contribution in [3.8, 4) is 5.75 Å². The number of carbonyl (C=O) groups excluding carboxylic acids is 1. The quantitative estimate of drug-likeness (QED) is 0.909. The van der Waals surface area contributed by atoms with E-state index >= 15 is 0 Å². The Bertz CT molecular complexity index is 467. The summed E-state index contributed by atoms with van der Waals surface area (Å²) in [5.74, 6) is -0.757. The van der Waals surface area contributed by atoms with Crippen LogP contribution in [0.15, 0.2) is 18.2 Å². The number of hydrogen-bond donors (Lipinski definition) is 1. The number of benzene rings is 1. The predicted molar refractivity (Wildman–Crippen MR) is 60.1 cm³/mol. The molecule has 0 atom stereocenters. The minimum atomic E-state index is -4.46. The van der Waals surface area contributed by atoms with Crippen molar-refractivity contribution in [3.63, 3.8) is 0 Å². The number of hydrogen-bond acceptors (Lipinski definition) is 2. The van der Waals surface area contributed by atoms with Gasteiger partial charge in [-0.1, -0.05) is 6.07 Å². The molecule has 0 aromatic heterocycles. The second kappa shape index (κ2) is 4.51. The number of ether oxygens (including phenoxy) is 1. The van der Waals surface area contributed by atoms with Gasteiger partial charge in [0.25, 0.3) is 5.91 Å². The molecule has 0 aliphatic carbocycles. The molecule has 6 heteroatoms. The average molecular weight is 261 g/mol. The maximum Gasteiger partial charge on any atom is 0.416 e. The minimum Gasteiger partial charge on any atom is -0.478 e. The Kier molecular flexibility index (Phi) is 3.59. The molecule has 1 amide bonds. The molecule has 0 saturated carbocycles. The molecular weight excluding hydrogens is 247 g/mol. The second-order valence-electron chi connectivity index (χ2n) is 4.45. The molecule has 1 aromatic carbocycles. The molecule has 0 fully saturated rings. The fraction of sp³-hybridized carbons (Fsp3) is 0.417.